The van der Waals surface area contributed by atoms with Crippen molar-refractivity contribution >= 4 is 11.2 Å². The maximum atomic E-state index is 12.7. The summed E-state index contributed by atoms with van der Waals surface area (Å²) in [5.41, 5.74) is 0.520. The maximum Gasteiger partial charge on any atom is 0.433 e. The van der Waals surface area contributed by atoms with Crippen LogP contribution in [0.5, 0.6) is 0 Å². The molecule has 4 rings (SSSR count). The fraction of sp³-hybridized carbons (Fsp3) is 0.750. The summed E-state index contributed by atoms with van der Waals surface area (Å²) in [6, 6.07) is 3.31. The predicted octanol–water partition coefficient (Wildman–Crippen LogP) is 4.36. The molecule has 3 fully saturated rings. The Balaban J connectivity index is 1.30. The zero-order valence-electron chi connectivity index (χ0n) is 15.5. The molecule has 0 unspecified atom stereocenters. The number of hydrogen-bond donors (Lipinski definition) is 0. The Morgan fingerprint density at radius 3 is 2.37 bits per heavy atom. The van der Waals surface area contributed by atoms with E-state index >= 15 is 0 Å². The molecule has 7 heteroatoms. The van der Waals surface area contributed by atoms with Gasteiger partial charge in [-0.2, -0.15) is 13.2 Å². The summed E-state index contributed by atoms with van der Waals surface area (Å²) in [4.78, 5) is 6.26. The summed E-state index contributed by atoms with van der Waals surface area (Å²) in [5, 5.41) is 0. The lowest BCUT2D eigenvalue weighted by molar-refractivity contribution is -0.141. The van der Waals surface area contributed by atoms with Crippen LogP contribution < -0.4 is 0 Å². The van der Waals surface area contributed by atoms with Crippen molar-refractivity contribution < 1.29 is 17.7 Å². The number of halogens is 3. The fourth-order valence-electron chi connectivity index (χ4n) is 5.17. The molecule has 0 N–H and O–H groups in total. The van der Waals surface area contributed by atoms with Crippen molar-refractivity contribution in [2.45, 2.75) is 63.1 Å². The van der Waals surface area contributed by atoms with E-state index in [0.717, 1.165) is 74.7 Å². The first kappa shape index (κ1) is 19.5. The van der Waals surface area contributed by atoms with Crippen LogP contribution in [0.15, 0.2) is 18.3 Å². The summed E-state index contributed by atoms with van der Waals surface area (Å²) >= 11 is -0.606. The zero-order valence-corrected chi connectivity index (χ0v) is 16.3. The molecule has 0 aromatic carbocycles. The number of hydrogen-bond acceptors (Lipinski definition) is 3. The predicted molar refractivity (Wildman–Crippen MR) is 100.0 cm³/mol. The summed E-state index contributed by atoms with van der Waals surface area (Å²) in [5.74, 6) is 2.05. The molecule has 0 atom stereocenters. The SMILES string of the molecule is [O-][S+]1CCC2(CCN([C@H]3CC[C@@H](c4ccc(C(F)(F)F)nc4)CC3)C2)CC1. The monoisotopic (exact) mass is 400 g/mol. The molecule has 1 saturated carbocycles. The summed E-state index contributed by atoms with van der Waals surface area (Å²) in [7, 11) is 0. The van der Waals surface area contributed by atoms with Gasteiger partial charge in [0.25, 0.3) is 0 Å². The Kier molecular flexibility index (Phi) is 5.47. The number of nitrogens with zero attached hydrogens (tertiary/aromatic N) is 2. The Bertz CT molecular complexity index is 636. The van der Waals surface area contributed by atoms with Gasteiger partial charge in [0.2, 0.25) is 0 Å². The van der Waals surface area contributed by atoms with Gasteiger partial charge in [0, 0.05) is 18.8 Å². The van der Waals surface area contributed by atoms with Crippen molar-refractivity contribution in [2.24, 2.45) is 5.41 Å². The Hall–Kier alpha value is -0.790. The van der Waals surface area contributed by atoms with Crippen LogP contribution in [0.3, 0.4) is 0 Å². The fourth-order valence-corrected chi connectivity index (χ4v) is 6.69. The van der Waals surface area contributed by atoms with Crippen molar-refractivity contribution in [2.75, 3.05) is 24.6 Å². The van der Waals surface area contributed by atoms with Gasteiger partial charge in [0.15, 0.2) is 0 Å². The molecule has 1 spiro atoms. The third-order valence-corrected chi connectivity index (χ3v) is 8.27. The molecule has 2 aliphatic heterocycles. The molecule has 0 amide bonds. The van der Waals surface area contributed by atoms with Gasteiger partial charge in [-0.15, -0.1) is 0 Å². The van der Waals surface area contributed by atoms with Crippen molar-refractivity contribution in [1.29, 1.82) is 0 Å². The third kappa shape index (κ3) is 4.30. The first-order valence-electron chi connectivity index (χ1n) is 9.97. The van der Waals surface area contributed by atoms with Crippen LogP contribution in [0.4, 0.5) is 13.2 Å². The summed E-state index contributed by atoms with van der Waals surface area (Å²) in [6.45, 7) is 2.28. The number of pyridine rings is 1. The molecule has 27 heavy (non-hydrogen) atoms. The van der Waals surface area contributed by atoms with Crippen LogP contribution >= 0.6 is 0 Å². The van der Waals surface area contributed by atoms with Crippen LogP contribution in [0.1, 0.15) is 62.1 Å². The van der Waals surface area contributed by atoms with E-state index in [9.17, 15) is 17.7 Å². The van der Waals surface area contributed by atoms with E-state index in [2.05, 4.69) is 9.88 Å². The highest BCUT2D eigenvalue weighted by atomic mass is 32.2. The first-order valence-corrected chi connectivity index (χ1v) is 11.5. The Morgan fingerprint density at radius 1 is 1.07 bits per heavy atom. The molecular formula is C20H27F3N2OS. The highest BCUT2D eigenvalue weighted by molar-refractivity contribution is 7.91. The van der Waals surface area contributed by atoms with Gasteiger partial charge in [-0.25, -0.2) is 0 Å². The van der Waals surface area contributed by atoms with E-state index in [1.54, 1.807) is 6.07 Å². The second kappa shape index (κ2) is 7.56. The standard InChI is InChI=1S/C20H27F3N2OS/c21-20(22,23)18-6-3-16(13-24-18)15-1-4-17(5-2-15)25-10-7-19(14-25)8-11-27(26)12-9-19/h3,6,13,15,17H,1-2,4-5,7-12,14H2/t15-,17+,19?,27?. The van der Waals surface area contributed by atoms with Gasteiger partial charge in [-0.3, -0.25) is 9.88 Å². The normalized spacial score (nSPS) is 35.6. The molecule has 3 nitrogen and oxygen atoms in total. The minimum atomic E-state index is -4.37. The highest BCUT2D eigenvalue weighted by Crippen LogP contribution is 2.44. The molecule has 3 heterocycles. The third-order valence-electron chi connectivity index (χ3n) is 6.95. The lowest BCUT2D eigenvalue weighted by Crippen LogP contribution is -2.40. The van der Waals surface area contributed by atoms with Crippen molar-refractivity contribution in [3.8, 4) is 0 Å². The van der Waals surface area contributed by atoms with Crippen molar-refractivity contribution in [3.63, 3.8) is 0 Å². The lowest BCUT2D eigenvalue weighted by Gasteiger charge is -2.38. The molecule has 150 valence electrons. The topological polar surface area (TPSA) is 39.2 Å². The largest absolute Gasteiger partial charge is 0.616 e. The minimum Gasteiger partial charge on any atom is -0.616 e. The van der Waals surface area contributed by atoms with Crippen LogP contribution in [0.25, 0.3) is 0 Å². The smallest absolute Gasteiger partial charge is 0.433 e. The number of rotatable bonds is 2. The molecule has 2 saturated heterocycles. The lowest BCUT2D eigenvalue weighted by atomic mass is 9.80. The molecule has 1 aromatic heterocycles. The second-order valence-corrected chi connectivity index (χ2v) is 10.2. The van der Waals surface area contributed by atoms with E-state index in [1.165, 1.54) is 12.6 Å². The van der Waals surface area contributed by atoms with Crippen LogP contribution in [0, 0.1) is 5.41 Å². The van der Waals surface area contributed by atoms with E-state index in [1.807, 2.05) is 0 Å². The van der Waals surface area contributed by atoms with Crippen LogP contribution in [-0.2, 0) is 17.4 Å². The number of alkyl halides is 3. The molecule has 1 aromatic rings. The van der Waals surface area contributed by atoms with E-state index in [4.69, 9.17) is 0 Å². The Labute approximate surface area is 161 Å². The molecule has 1 aliphatic carbocycles. The quantitative estimate of drug-likeness (QED) is 0.693. The molecule has 0 bridgehead atoms. The molecule has 3 aliphatic rings. The maximum absolute atomic E-state index is 12.7. The number of aromatic nitrogens is 1. The van der Waals surface area contributed by atoms with Gasteiger partial charge >= 0.3 is 6.18 Å². The Morgan fingerprint density at radius 2 is 1.78 bits per heavy atom. The van der Waals surface area contributed by atoms with Gasteiger partial charge in [-0.05, 0) is 74.5 Å². The average Bonchev–Trinajstić information content (AvgIpc) is 3.08. The second-order valence-electron chi connectivity index (χ2n) is 8.55. The number of likely N-dealkylation sites (tertiary alicyclic amines) is 1. The highest BCUT2D eigenvalue weighted by Gasteiger charge is 2.44. The van der Waals surface area contributed by atoms with Gasteiger partial charge < -0.3 is 4.55 Å². The van der Waals surface area contributed by atoms with Crippen molar-refractivity contribution in [1.82, 2.24) is 9.88 Å². The van der Waals surface area contributed by atoms with Gasteiger partial charge in [0.1, 0.15) is 17.2 Å². The average molecular weight is 401 g/mol. The molecule has 0 radical (unpaired) electrons. The van der Waals surface area contributed by atoms with Crippen LogP contribution in [-0.4, -0.2) is 45.1 Å². The van der Waals surface area contributed by atoms with Crippen molar-refractivity contribution in [3.05, 3.63) is 29.6 Å². The zero-order chi connectivity index (χ0) is 19.1. The van der Waals surface area contributed by atoms with Gasteiger partial charge in [0.05, 0.1) is 0 Å². The van der Waals surface area contributed by atoms with E-state index < -0.39 is 23.0 Å². The summed E-state index contributed by atoms with van der Waals surface area (Å²) < 4.78 is 49.7. The summed E-state index contributed by atoms with van der Waals surface area (Å²) in [6.07, 6.45) is 4.73. The van der Waals surface area contributed by atoms with Crippen LogP contribution in [0.2, 0.25) is 0 Å². The van der Waals surface area contributed by atoms with E-state index in [-0.39, 0.29) is 0 Å². The minimum absolute atomic E-state index is 0.324. The first-order chi connectivity index (χ1) is 12.8. The van der Waals surface area contributed by atoms with Gasteiger partial charge in [-0.1, -0.05) is 17.2 Å². The molecular weight excluding hydrogens is 373 g/mol. The van der Waals surface area contributed by atoms with E-state index in [0.29, 0.717) is 17.4 Å².